The summed E-state index contributed by atoms with van der Waals surface area (Å²) < 4.78 is 32.0. The zero-order chi connectivity index (χ0) is 16.7. The maximum atomic E-state index is 13.1. The van der Waals surface area contributed by atoms with Crippen LogP contribution in [0.15, 0.2) is 0 Å². The van der Waals surface area contributed by atoms with Gasteiger partial charge in [-0.3, -0.25) is 0 Å². The fraction of sp³-hybridized carbons (Fsp3) is 0.941. The van der Waals surface area contributed by atoms with Gasteiger partial charge in [-0.2, -0.15) is 0 Å². The van der Waals surface area contributed by atoms with Crippen LogP contribution in [0.1, 0.15) is 58.3 Å². The minimum absolute atomic E-state index is 0.0479. The Labute approximate surface area is 137 Å². The number of amides is 2. The molecule has 1 atom stereocenters. The Morgan fingerprint density at radius 1 is 1.22 bits per heavy atom. The summed E-state index contributed by atoms with van der Waals surface area (Å²) in [5.74, 6) is -2.31. The first kappa shape index (κ1) is 18.4. The normalized spacial score (nSPS) is 25.9. The third-order valence-electron chi connectivity index (χ3n) is 4.90. The van der Waals surface area contributed by atoms with Gasteiger partial charge in [0, 0.05) is 39.1 Å². The molecule has 0 spiro atoms. The molecule has 1 N–H and O–H groups in total. The van der Waals surface area contributed by atoms with E-state index in [1.54, 1.807) is 0 Å². The second-order valence-corrected chi connectivity index (χ2v) is 6.90. The van der Waals surface area contributed by atoms with Gasteiger partial charge in [0.15, 0.2) is 0 Å². The van der Waals surface area contributed by atoms with Gasteiger partial charge in [0.2, 0.25) is 5.92 Å². The molecular formula is C17H30F2N2O2. The molecule has 2 amide bonds. The Kier molecular flexibility index (Phi) is 7.06. The Balaban J connectivity index is 1.67. The zero-order valence-corrected chi connectivity index (χ0v) is 14.2. The minimum Gasteiger partial charge on any atom is -0.378 e. The topological polar surface area (TPSA) is 41.6 Å². The first-order valence-corrected chi connectivity index (χ1v) is 9.02. The molecule has 0 bridgehead atoms. The van der Waals surface area contributed by atoms with Crippen molar-refractivity contribution in [2.24, 2.45) is 5.92 Å². The van der Waals surface area contributed by atoms with Crippen LogP contribution < -0.4 is 5.32 Å². The Morgan fingerprint density at radius 2 is 1.96 bits per heavy atom. The van der Waals surface area contributed by atoms with Crippen LogP contribution in [0.5, 0.6) is 0 Å². The number of likely N-dealkylation sites (tertiary alicyclic amines) is 1. The zero-order valence-electron chi connectivity index (χ0n) is 14.2. The summed E-state index contributed by atoms with van der Waals surface area (Å²) in [5.41, 5.74) is 0. The van der Waals surface area contributed by atoms with Crippen molar-refractivity contribution in [2.75, 3.05) is 26.2 Å². The summed E-state index contributed by atoms with van der Waals surface area (Å²) in [7, 11) is 0. The molecule has 2 fully saturated rings. The number of alkyl halides is 2. The number of hydrogen-bond acceptors (Lipinski definition) is 2. The molecule has 0 aromatic heterocycles. The molecule has 1 saturated carbocycles. The van der Waals surface area contributed by atoms with Crippen molar-refractivity contribution in [3.8, 4) is 0 Å². The quantitative estimate of drug-likeness (QED) is 0.832. The maximum Gasteiger partial charge on any atom is 0.317 e. The van der Waals surface area contributed by atoms with Crippen molar-refractivity contribution in [3.05, 3.63) is 0 Å². The number of ether oxygens (including phenoxy) is 1. The first-order chi connectivity index (χ1) is 11.0. The summed E-state index contributed by atoms with van der Waals surface area (Å²) in [6.07, 6.45) is 5.01. The standard InChI is InChI=1S/C17H30F2N2O2/c1-2-12-23-15-4-3-10-21(11-7-15)16(22)20-13-14-5-8-17(18,19)9-6-14/h14-15H,2-13H2,1H3,(H,20,22). The summed E-state index contributed by atoms with van der Waals surface area (Å²) >= 11 is 0. The monoisotopic (exact) mass is 332 g/mol. The van der Waals surface area contributed by atoms with Crippen LogP contribution in [0.25, 0.3) is 0 Å². The van der Waals surface area contributed by atoms with Gasteiger partial charge >= 0.3 is 6.03 Å². The van der Waals surface area contributed by atoms with Crippen molar-refractivity contribution in [3.63, 3.8) is 0 Å². The van der Waals surface area contributed by atoms with Crippen molar-refractivity contribution in [1.82, 2.24) is 10.2 Å². The van der Waals surface area contributed by atoms with Crippen molar-refractivity contribution in [2.45, 2.75) is 70.3 Å². The largest absolute Gasteiger partial charge is 0.378 e. The van der Waals surface area contributed by atoms with Crippen LogP contribution >= 0.6 is 0 Å². The highest BCUT2D eigenvalue weighted by Crippen LogP contribution is 2.35. The number of halogens is 2. The molecule has 1 aliphatic heterocycles. The van der Waals surface area contributed by atoms with Gasteiger partial charge < -0.3 is 15.0 Å². The summed E-state index contributed by atoms with van der Waals surface area (Å²) in [6, 6.07) is -0.0570. The Morgan fingerprint density at radius 3 is 2.65 bits per heavy atom. The van der Waals surface area contributed by atoms with Crippen LogP contribution in [0.2, 0.25) is 0 Å². The average molecular weight is 332 g/mol. The molecule has 0 radical (unpaired) electrons. The summed E-state index contributed by atoms with van der Waals surface area (Å²) in [6.45, 7) is 4.85. The lowest BCUT2D eigenvalue weighted by molar-refractivity contribution is -0.0452. The lowest BCUT2D eigenvalue weighted by Crippen LogP contribution is -2.43. The van der Waals surface area contributed by atoms with Gasteiger partial charge in [0.1, 0.15) is 0 Å². The van der Waals surface area contributed by atoms with E-state index in [1.807, 2.05) is 4.90 Å². The van der Waals surface area contributed by atoms with E-state index in [2.05, 4.69) is 12.2 Å². The number of hydrogen-bond donors (Lipinski definition) is 1. The van der Waals surface area contributed by atoms with Crippen molar-refractivity contribution >= 4 is 6.03 Å². The van der Waals surface area contributed by atoms with Crippen LogP contribution in [-0.4, -0.2) is 49.2 Å². The van der Waals surface area contributed by atoms with E-state index >= 15 is 0 Å². The van der Waals surface area contributed by atoms with E-state index in [0.717, 1.165) is 38.8 Å². The number of carbonyl (C=O) groups is 1. The SMILES string of the molecule is CCCOC1CCCN(C(=O)NCC2CCC(F)(F)CC2)CC1. The van der Waals surface area contributed by atoms with Crippen LogP contribution in [0.3, 0.4) is 0 Å². The second kappa shape index (κ2) is 8.81. The molecule has 1 heterocycles. The highest BCUT2D eigenvalue weighted by atomic mass is 19.3. The molecule has 2 rings (SSSR count). The predicted molar refractivity (Wildman–Crippen MR) is 85.8 cm³/mol. The van der Waals surface area contributed by atoms with E-state index in [9.17, 15) is 13.6 Å². The van der Waals surface area contributed by atoms with E-state index in [-0.39, 0.29) is 30.9 Å². The molecule has 0 aromatic rings. The average Bonchev–Trinajstić information content (AvgIpc) is 2.77. The van der Waals surface area contributed by atoms with Gasteiger partial charge in [-0.25, -0.2) is 13.6 Å². The highest BCUT2D eigenvalue weighted by molar-refractivity contribution is 5.74. The van der Waals surface area contributed by atoms with E-state index in [0.29, 0.717) is 25.9 Å². The molecule has 23 heavy (non-hydrogen) atoms. The maximum absolute atomic E-state index is 13.1. The molecule has 1 saturated heterocycles. The molecule has 2 aliphatic rings. The van der Waals surface area contributed by atoms with Gasteiger partial charge in [-0.1, -0.05) is 6.92 Å². The third-order valence-corrected chi connectivity index (χ3v) is 4.90. The molecule has 1 aliphatic carbocycles. The van der Waals surface area contributed by atoms with Crippen LogP contribution in [-0.2, 0) is 4.74 Å². The van der Waals surface area contributed by atoms with Crippen LogP contribution in [0.4, 0.5) is 13.6 Å². The fourth-order valence-corrected chi connectivity index (χ4v) is 3.37. The molecule has 134 valence electrons. The number of carbonyl (C=O) groups excluding carboxylic acids is 1. The fourth-order valence-electron chi connectivity index (χ4n) is 3.37. The predicted octanol–water partition coefficient (Wildman–Crippen LogP) is 3.80. The number of nitrogens with one attached hydrogen (secondary N) is 1. The van der Waals surface area contributed by atoms with Gasteiger partial charge in [0.05, 0.1) is 6.10 Å². The van der Waals surface area contributed by atoms with E-state index in [4.69, 9.17) is 4.74 Å². The lowest BCUT2D eigenvalue weighted by atomic mass is 9.87. The number of rotatable bonds is 5. The second-order valence-electron chi connectivity index (χ2n) is 6.90. The first-order valence-electron chi connectivity index (χ1n) is 9.02. The van der Waals surface area contributed by atoms with Gasteiger partial charge in [-0.15, -0.1) is 0 Å². The van der Waals surface area contributed by atoms with Crippen LogP contribution in [0, 0.1) is 5.92 Å². The van der Waals surface area contributed by atoms with Crippen molar-refractivity contribution < 1.29 is 18.3 Å². The Hall–Kier alpha value is -0.910. The molecule has 1 unspecified atom stereocenters. The number of urea groups is 1. The highest BCUT2D eigenvalue weighted by Gasteiger charge is 2.35. The summed E-state index contributed by atoms with van der Waals surface area (Å²) in [4.78, 5) is 14.1. The van der Waals surface area contributed by atoms with Gasteiger partial charge in [0.25, 0.3) is 0 Å². The Bertz CT molecular complexity index is 370. The smallest absolute Gasteiger partial charge is 0.317 e. The third kappa shape index (κ3) is 6.24. The molecule has 0 aromatic carbocycles. The lowest BCUT2D eigenvalue weighted by Gasteiger charge is -2.29. The van der Waals surface area contributed by atoms with E-state index < -0.39 is 5.92 Å². The van der Waals surface area contributed by atoms with E-state index in [1.165, 1.54) is 0 Å². The minimum atomic E-state index is -2.50. The summed E-state index contributed by atoms with van der Waals surface area (Å²) in [5, 5.41) is 2.94. The molecular weight excluding hydrogens is 302 g/mol. The van der Waals surface area contributed by atoms with Gasteiger partial charge in [-0.05, 0) is 44.4 Å². The number of nitrogens with zero attached hydrogens (tertiary/aromatic N) is 1. The molecule has 4 nitrogen and oxygen atoms in total. The van der Waals surface area contributed by atoms with Crippen molar-refractivity contribution in [1.29, 1.82) is 0 Å². The molecule has 6 heteroatoms.